The summed E-state index contributed by atoms with van der Waals surface area (Å²) in [6.45, 7) is 2.14. The van der Waals surface area contributed by atoms with Crippen LogP contribution in [-0.4, -0.2) is 37.7 Å². The zero-order valence-corrected chi connectivity index (χ0v) is 11.9. The Morgan fingerprint density at radius 1 is 1.58 bits per heavy atom. The maximum Gasteiger partial charge on any atom is 0.141 e. The first-order valence-electron chi connectivity index (χ1n) is 6.58. The Hall–Kier alpha value is -0.680. The second-order valence-corrected chi connectivity index (χ2v) is 5.41. The molecular formula is C14H20ClFN2O. The topological polar surface area (TPSA) is 38.5 Å². The molecule has 0 aliphatic carbocycles. The fourth-order valence-corrected chi connectivity index (χ4v) is 2.72. The molecule has 1 fully saturated rings. The Kier molecular flexibility index (Phi) is 5.16. The van der Waals surface area contributed by atoms with Crippen LogP contribution in [-0.2, 0) is 4.74 Å². The predicted molar refractivity (Wildman–Crippen MR) is 74.8 cm³/mol. The monoisotopic (exact) mass is 286 g/mol. The summed E-state index contributed by atoms with van der Waals surface area (Å²) in [4.78, 5) is 2.15. The van der Waals surface area contributed by atoms with Crippen LogP contribution in [0, 0.1) is 5.82 Å². The van der Waals surface area contributed by atoms with Crippen LogP contribution in [0.2, 0.25) is 5.02 Å². The molecule has 1 aromatic carbocycles. The fraction of sp³-hybridized carbons (Fsp3) is 0.571. The SMILES string of the molecule is CN(CC1CCCO1)C(CN)c1ccc(F)c(Cl)c1. The lowest BCUT2D eigenvalue weighted by atomic mass is 10.0. The van der Waals surface area contributed by atoms with Crippen LogP contribution >= 0.6 is 11.6 Å². The Morgan fingerprint density at radius 3 is 2.95 bits per heavy atom. The molecule has 0 spiro atoms. The van der Waals surface area contributed by atoms with E-state index in [0.29, 0.717) is 6.54 Å². The number of ether oxygens (including phenoxy) is 1. The molecule has 2 N–H and O–H groups in total. The minimum absolute atomic E-state index is 0.0299. The number of benzene rings is 1. The average molecular weight is 287 g/mol. The van der Waals surface area contributed by atoms with Gasteiger partial charge in [0.25, 0.3) is 0 Å². The van der Waals surface area contributed by atoms with Gasteiger partial charge in [0.1, 0.15) is 5.82 Å². The zero-order valence-electron chi connectivity index (χ0n) is 11.1. The number of nitrogens with two attached hydrogens (primary N) is 1. The Morgan fingerprint density at radius 2 is 2.37 bits per heavy atom. The molecule has 19 heavy (non-hydrogen) atoms. The van der Waals surface area contributed by atoms with Crippen LogP contribution in [0.3, 0.4) is 0 Å². The van der Waals surface area contributed by atoms with E-state index < -0.39 is 5.82 Å². The van der Waals surface area contributed by atoms with Crippen molar-refractivity contribution in [3.63, 3.8) is 0 Å². The molecule has 0 radical (unpaired) electrons. The van der Waals surface area contributed by atoms with E-state index in [9.17, 15) is 4.39 Å². The van der Waals surface area contributed by atoms with Gasteiger partial charge in [0, 0.05) is 25.7 Å². The van der Waals surface area contributed by atoms with Gasteiger partial charge in [0.05, 0.1) is 11.1 Å². The lowest BCUT2D eigenvalue weighted by Crippen LogP contribution is -2.36. The highest BCUT2D eigenvalue weighted by molar-refractivity contribution is 6.30. The normalized spacial score (nSPS) is 21.0. The van der Waals surface area contributed by atoms with Crippen molar-refractivity contribution < 1.29 is 9.13 Å². The molecule has 1 aromatic rings. The van der Waals surface area contributed by atoms with E-state index in [-0.39, 0.29) is 17.2 Å². The Bertz CT molecular complexity index is 424. The summed E-state index contributed by atoms with van der Waals surface area (Å²) in [6, 6.07) is 4.81. The van der Waals surface area contributed by atoms with E-state index in [1.165, 1.54) is 6.07 Å². The van der Waals surface area contributed by atoms with Crippen molar-refractivity contribution in [3.05, 3.63) is 34.6 Å². The molecular weight excluding hydrogens is 267 g/mol. The highest BCUT2D eigenvalue weighted by Gasteiger charge is 2.22. The number of hydrogen-bond donors (Lipinski definition) is 1. The summed E-state index contributed by atoms with van der Waals surface area (Å²) >= 11 is 5.83. The summed E-state index contributed by atoms with van der Waals surface area (Å²) in [7, 11) is 2.01. The maximum atomic E-state index is 13.2. The molecule has 1 aliphatic rings. The van der Waals surface area contributed by atoms with Gasteiger partial charge < -0.3 is 10.5 Å². The minimum Gasteiger partial charge on any atom is -0.377 e. The van der Waals surface area contributed by atoms with Gasteiger partial charge in [-0.3, -0.25) is 4.90 Å². The van der Waals surface area contributed by atoms with Gasteiger partial charge in [-0.15, -0.1) is 0 Å². The van der Waals surface area contributed by atoms with Crippen LogP contribution in [0.1, 0.15) is 24.4 Å². The van der Waals surface area contributed by atoms with Crippen molar-refractivity contribution in [3.8, 4) is 0 Å². The van der Waals surface area contributed by atoms with E-state index in [2.05, 4.69) is 4.90 Å². The first-order chi connectivity index (χ1) is 9.11. The fourth-order valence-electron chi connectivity index (χ4n) is 2.53. The Labute approximate surface area is 118 Å². The van der Waals surface area contributed by atoms with Crippen LogP contribution in [0.25, 0.3) is 0 Å². The second kappa shape index (κ2) is 6.66. The van der Waals surface area contributed by atoms with Crippen molar-refractivity contribution >= 4 is 11.6 Å². The summed E-state index contributed by atoms with van der Waals surface area (Å²) in [5.41, 5.74) is 6.79. The van der Waals surface area contributed by atoms with E-state index in [4.69, 9.17) is 22.1 Å². The molecule has 1 aliphatic heterocycles. The quantitative estimate of drug-likeness (QED) is 0.904. The molecule has 0 amide bonds. The predicted octanol–water partition coefficient (Wildman–Crippen LogP) is 2.59. The third-order valence-electron chi connectivity index (χ3n) is 3.60. The van der Waals surface area contributed by atoms with Crippen molar-refractivity contribution in [1.82, 2.24) is 4.90 Å². The molecule has 0 aromatic heterocycles. The maximum absolute atomic E-state index is 13.2. The molecule has 0 saturated carbocycles. The van der Waals surface area contributed by atoms with Crippen molar-refractivity contribution in [1.29, 1.82) is 0 Å². The van der Waals surface area contributed by atoms with Gasteiger partial charge in [0.15, 0.2) is 0 Å². The zero-order chi connectivity index (χ0) is 13.8. The van der Waals surface area contributed by atoms with Gasteiger partial charge >= 0.3 is 0 Å². The van der Waals surface area contributed by atoms with Crippen molar-refractivity contribution in [2.24, 2.45) is 5.73 Å². The number of halogens is 2. The average Bonchev–Trinajstić information content (AvgIpc) is 2.87. The summed E-state index contributed by atoms with van der Waals surface area (Å²) < 4.78 is 18.8. The molecule has 1 saturated heterocycles. The van der Waals surface area contributed by atoms with E-state index >= 15 is 0 Å². The van der Waals surface area contributed by atoms with Crippen LogP contribution in [0.4, 0.5) is 4.39 Å². The van der Waals surface area contributed by atoms with E-state index in [1.807, 2.05) is 7.05 Å². The van der Waals surface area contributed by atoms with Crippen molar-refractivity contribution in [2.45, 2.75) is 25.0 Å². The van der Waals surface area contributed by atoms with Gasteiger partial charge in [-0.25, -0.2) is 4.39 Å². The van der Waals surface area contributed by atoms with Crippen molar-refractivity contribution in [2.75, 3.05) is 26.7 Å². The molecule has 3 nitrogen and oxygen atoms in total. The minimum atomic E-state index is -0.400. The third kappa shape index (κ3) is 3.66. The number of rotatable bonds is 5. The summed E-state index contributed by atoms with van der Waals surface area (Å²) in [5, 5.41) is 0.140. The lowest BCUT2D eigenvalue weighted by molar-refractivity contribution is 0.0689. The molecule has 2 atom stereocenters. The first kappa shape index (κ1) is 14.7. The summed E-state index contributed by atoms with van der Waals surface area (Å²) in [5.74, 6) is -0.400. The van der Waals surface area contributed by atoms with Gasteiger partial charge in [0.2, 0.25) is 0 Å². The molecule has 2 rings (SSSR count). The molecule has 0 bridgehead atoms. The molecule has 1 heterocycles. The number of likely N-dealkylation sites (N-methyl/N-ethyl adjacent to an activating group) is 1. The number of nitrogens with zero attached hydrogens (tertiary/aromatic N) is 1. The summed E-state index contributed by atoms with van der Waals surface area (Å²) in [6.07, 6.45) is 2.48. The van der Waals surface area contributed by atoms with E-state index in [0.717, 1.165) is 31.6 Å². The smallest absolute Gasteiger partial charge is 0.141 e. The number of hydrogen-bond acceptors (Lipinski definition) is 3. The highest BCUT2D eigenvalue weighted by atomic mass is 35.5. The third-order valence-corrected chi connectivity index (χ3v) is 3.89. The molecule has 2 unspecified atom stereocenters. The van der Waals surface area contributed by atoms with Crippen LogP contribution in [0.5, 0.6) is 0 Å². The Balaban J connectivity index is 2.06. The lowest BCUT2D eigenvalue weighted by Gasteiger charge is -2.29. The van der Waals surface area contributed by atoms with Gasteiger partial charge in [-0.1, -0.05) is 17.7 Å². The van der Waals surface area contributed by atoms with Gasteiger partial charge in [-0.2, -0.15) is 0 Å². The standard InChI is InChI=1S/C14H20ClFN2O/c1-18(9-11-3-2-6-19-11)14(8-17)10-4-5-13(16)12(15)7-10/h4-5,7,11,14H,2-3,6,8-9,17H2,1H3. The largest absolute Gasteiger partial charge is 0.377 e. The van der Waals surface area contributed by atoms with Crippen LogP contribution in [0.15, 0.2) is 18.2 Å². The molecule has 106 valence electrons. The second-order valence-electron chi connectivity index (χ2n) is 5.00. The molecule has 5 heteroatoms. The highest BCUT2D eigenvalue weighted by Crippen LogP contribution is 2.25. The first-order valence-corrected chi connectivity index (χ1v) is 6.96. The van der Waals surface area contributed by atoms with Crippen LogP contribution < -0.4 is 5.73 Å². The van der Waals surface area contributed by atoms with Gasteiger partial charge in [-0.05, 0) is 37.6 Å². The van der Waals surface area contributed by atoms with E-state index in [1.54, 1.807) is 12.1 Å².